The summed E-state index contributed by atoms with van der Waals surface area (Å²) in [6.07, 6.45) is -1.57. The van der Waals surface area contributed by atoms with Gasteiger partial charge in [-0.25, -0.2) is 4.68 Å². The first-order chi connectivity index (χ1) is 16.6. The van der Waals surface area contributed by atoms with E-state index in [-0.39, 0.29) is 37.7 Å². The number of aliphatic hydroxyl groups is 3. The fourth-order valence-corrected chi connectivity index (χ4v) is 4.29. The maximum atomic E-state index is 10.3. The predicted octanol–water partition coefficient (Wildman–Crippen LogP) is 3.77. The molecule has 3 N–H and O–H groups in total. The maximum Gasteiger partial charge on any atom is 0.149 e. The summed E-state index contributed by atoms with van der Waals surface area (Å²) in [5.74, 6) is 1.20. The first kappa shape index (κ1) is 27.9. The molecule has 0 aliphatic rings. The van der Waals surface area contributed by atoms with Crippen molar-refractivity contribution in [1.82, 2.24) is 15.0 Å². The summed E-state index contributed by atoms with van der Waals surface area (Å²) in [6.45, 7) is 4.29. The topological polar surface area (TPSA) is 110 Å². The van der Waals surface area contributed by atoms with Crippen LogP contribution >= 0.6 is 45.8 Å². The van der Waals surface area contributed by atoms with E-state index in [1.807, 2.05) is 59.0 Å². The number of benzene rings is 2. The molecule has 0 amide bonds. The first-order valence-electron chi connectivity index (χ1n) is 10.9. The van der Waals surface area contributed by atoms with Gasteiger partial charge in [0.1, 0.15) is 40.6 Å². The summed E-state index contributed by atoms with van der Waals surface area (Å²) in [7, 11) is 0. The molecular formula is C24H28Cl2IN3O5. The van der Waals surface area contributed by atoms with Crippen LogP contribution < -0.4 is 9.47 Å². The van der Waals surface area contributed by atoms with Crippen LogP contribution in [0.2, 0.25) is 5.02 Å². The second-order valence-electron chi connectivity index (χ2n) is 8.55. The van der Waals surface area contributed by atoms with Gasteiger partial charge >= 0.3 is 0 Å². The first-order valence-corrected chi connectivity index (χ1v) is 12.9. The Kier molecular flexibility index (Phi) is 10.0. The third-order valence-electron chi connectivity index (χ3n) is 5.60. The van der Waals surface area contributed by atoms with Crippen molar-refractivity contribution in [2.45, 2.75) is 44.6 Å². The van der Waals surface area contributed by atoms with Crippen LogP contribution in [0.15, 0.2) is 42.5 Å². The van der Waals surface area contributed by atoms with Crippen LogP contribution in [0, 0.1) is 3.70 Å². The molecule has 0 aliphatic heterocycles. The third-order valence-corrected chi connectivity index (χ3v) is 7.09. The average molecular weight is 636 g/mol. The van der Waals surface area contributed by atoms with Gasteiger partial charge in [-0.2, -0.15) is 0 Å². The number of aliphatic hydroxyl groups excluding tert-OH is 3. The second kappa shape index (κ2) is 12.6. The Morgan fingerprint density at radius 2 is 1.69 bits per heavy atom. The molecule has 3 rings (SSSR count). The molecule has 0 spiro atoms. The zero-order valence-corrected chi connectivity index (χ0v) is 23.0. The standard InChI is InChI=1S/C24H28Cl2IN3O5/c1-24(2,16-5-8-22(20(26)9-16)35-13-17(32)10-25)15-3-6-19(7-4-15)34-14-18(33)11-30-21(12-31)23(27)28-29-30/h3-9,17-18,31-33H,10-14H2,1-2H3. The number of hydrogen-bond donors (Lipinski definition) is 3. The van der Waals surface area contributed by atoms with Gasteiger partial charge in [0.2, 0.25) is 0 Å². The minimum atomic E-state index is -0.817. The third kappa shape index (κ3) is 7.21. The maximum absolute atomic E-state index is 10.3. The second-order valence-corrected chi connectivity index (χ2v) is 10.3. The molecule has 2 atom stereocenters. The monoisotopic (exact) mass is 635 g/mol. The highest BCUT2D eigenvalue weighted by molar-refractivity contribution is 14.1. The molecular weight excluding hydrogens is 608 g/mol. The molecule has 1 aromatic heterocycles. The number of nitrogens with zero attached hydrogens (tertiary/aromatic N) is 3. The van der Waals surface area contributed by atoms with Gasteiger partial charge in [0.25, 0.3) is 0 Å². The fraction of sp³-hybridized carbons (Fsp3) is 0.417. The summed E-state index contributed by atoms with van der Waals surface area (Å²) in [5, 5.41) is 37.6. The summed E-state index contributed by atoms with van der Waals surface area (Å²) in [6, 6.07) is 13.2. The van der Waals surface area contributed by atoms with E-state index in [2.05, 4.69) is 24.2 Å². The SMILES string of the molecule is CC(C)(c1ccc(OCC(O)Cn2nnc(I)c2CO)cc1)c1ccc(OCC(O)CCl)c(Cl)c1. The van der Waals surface area contributed by atoms with Crippen molar-refractivity contribution in [3.8, 4) is 11.5 Å². The Labute approximate surface area is 227 Å². The van der Waals surface area contributed by atoms with E-state index in [0.717, 1.165) is 11.1 Å². The summed E-state index contributed by atoms with van der Waals surface area (Å²) >= 11 is 14.0. The Hall–Kier alpha value is -1.63. The molecule has 8 nitrogen and oxygen atoms in total. The van der Waals surface area contributed by atoms with Crippen molar-refractivity contribution in [2.24, 2.45) is 0 Å². The van der Waals surface area contributed by atoms with Crippen molar-refractivity contribution in [1.29, 1.82) is 0 Å². The van der Waals surface area contributed by atoms with Crippen LogP contribution in [0.4, 0.5) is 0 Å². The Bertz CT molecular complexity index is 1110. The lowest BCUT2D eigenvalue weighted by molar-refractivity contribution is 0.0866. The minimum absolute atomic E-state index is 0.0690. The molecule has 2 unspecified atom stereocenters. The highest BCUT2D eigenvalue weighted by Gasteiger charge is 2.24. The van der Waals surface area contributed by atoms with Gasteiger partial charge in [-0.15, -0.1) is 16.7 Å². The van der Waals surface area contributed by atoms with Crippen molar-refractivity contribution >= 4 is 45.8 Å². The number of alkyl halides is 1. The molecule has 0 radical (unpaired) electrons. The zero-order valence-electron chi connectivity index (χ0n) is 19.4. The molecule has 1 heterocycles. The Balaban J connectivity index is 1.61. The largest absolute Gasteiger partial charge is 0.491 e. The summed E-state index contributed by atoms with van der Waals surface area (Å²) < 4.78 is 13.4. The normalized spacial score (nSPS) is 13.5. The van der Waals surface area contributed by atoms with E-state index >= 15 is 0 Å². The van der Waals surface area contributed by atoms with Gasteiger partial charge in [0.15, 0.2) is 0 Å². The van der Waals surface area contributed by atoms with Crippen molar-refractivity contribution < 1.29 is 24.8 Å². The molecule has 0 aliphatic carbocycles. The molecule has 3 aromatic rings. The Morgan fingerprint density at radius 1 is 1.03 bits per heavy atom. The van der Waals surface area contributed by atoms with E-state index in [4.69, 9.17) is 32.7 Å². The lowest BCUT2D eigenvalue weighted by Crippen LogP contribution is -2.25. The van der Waals surface area contributed by atoms with Gasteiger partial charge < -0.3 is 24.8 Å². The van der Waals surface area contributed by atoms with Crippen LogP contribution in [0.1, 0.15) is 30.7 Å². The number of aromatic nitrogens is 3. The van der Waals surface area contributed by atoms with Crippen LogP contribution in [0.25, 0.3) is 0 Å². The van der Waals surface area contributed by atoms with Gasteiger partial charge in [0.05, 0.1) is 29.7 Å². The van der Waals surface area contributed by atoms with Crippen LogP contribution in [0.3, 0.4) is 0 Å². The zero-order chi connectivity index (χ0) is 25.6. The molecule has 35 heavy (non-hydrogen) atoms. The molecule has 0 fully saturated rings. The summed E-state index contributed by atoms with van der Waals surface area (Å²) in [4.78, 5) is 0. The van der Waals surface area contributed by atoms with Gasteiger partial charge in [-0.05, 0) is 58.0 Å². The number of rotatable bonds is 12. The predicted molar refractivity (Wildman–Crippen MR) is 142 cm³/mol. The summed E-state index contributed by atoms with van der Waals surface area (Å²) in [5.41, 5.74) is 2.26. The van der Waals surface area contributed by atoms with Crippen molar-refractivity contribution in [3.05, 3.63) is 68.0 Å². The van der Waals surface area contributed by atoms with Crippen molar-refractivity contribution in [3.63, 3.8) is 0 Å². The van der Waals surface area contributed by atoms with E-state index in [1.54, 1.807) is 6.07 Å². The van der Waals surface area contributed by atoms with E-state index in [9.17, 15) is 15.3 Å². The van der Waals surface area contributed by atoms with Crippen LogP contribution in [0.5, 0.6) is 11.5 Å². The highest BCUT2D eigenvalue weighted by Crippen LogP contribution is 2.36. The van der Waals surface area contributed by atoms with Crippen LogP contribution in [-0.2, 0) is 18.6 Å². The molecule has 0 bridgehead atoms. The Morgan fingerprint density at radius 3 is 2.31 bits per heavy atom. The van der Waals surface area contributed by atoms with E-state index in [1.165, 1.54) is 4.68 Å². The van der Waals surface area contributed by atoms with E-state index in [0.29, 0.717) is 25.9 Å². The van der Waals surface area contributed by atoms with Gasteiger partial charge in [-0.3, -0.25) is 0 Å². The molecule has 190 valence electrons. The molecule has 2 aromatic carbocycles. The van der Waals surface area contributed by atoms with Gasteiger partial charge in [0, 0.05) is 5.41 Å². The smallest absolute Gasteiger partial charge is 0.149 e. The quantitative estimate of drug-likeness (QED) is 0.205. The minimum Gasteiger partial charge on any atom is -0.491 e. The van der Waals surface area contributed by atoms with E-state index < -0.39 is 12.2 Å². The number of hydrogen-bond acceptors (Lipinski definition) is 7. The highest BCUT2D eigenvalue weighted by atomic mass is 127. The number of ether oxygens (including phenoxy) is 2. The lowest BCUT2D eigenvalue weighted by Gasteiger charge is -2.27. The molecule has 11 heteroatoms. The average Bonchev–Trinajstić information content (AvgIpc) is 3.20. The number of halogens is 3. The van der Waals surface area contributed by atoms with Gasteiger partial charge in [-0.1, -0.05) is 48.9 Å². The van der Waals surface area contributed by atoms with Crippen molar-refractivity contribution in [2.75, 3.05) is 19.1 Å². The fourth-order valence-electron chi connectivity index (χ4n) is 3.42. The molecule has 0 saturated carbocycles. The van der Waals surface area contributed by atoms with Crippen LogP contribution in [-0.4, -0.2) is 61.6 Å². The molecule has 0 saturated heterocycles. The lowest BCUT2D eigenvalue weighted by atomic mass is 9.78.